The number of rotatable bonds is 1. The van der Waals surface area contributed by atoms with Gasteiger partial charge in [-0.15, -0.1) is 0 Å². The van der Waals surface area contributed by atoms with Crippen LogP contribution in [-0.4, -0.2) is 12.7 Å². The lowest BCUT2D eigenvalue weighted by atomic mass is 9.92. The summed E-state index contributed by atoms with van der Waals surface area (Å²) in [4.78, 5) is 0. The van der Waals surface area contributed by atoms with Crippen molar-refractivity contribution in [2.75, 3.05) is 6.61 Å². The number of fused-ring (bicyclic) bond motifs is 1. The number of ether oxygens (including phenoxy) is 1. The molecule has 0 N–H and O–H groups in total. The van der Waals surface area contributed by atoms with E-state index in [2.05, 4.69) is 13.8 Å². The van der Waals surface area contributed by atoms with Crippen LogP contribution in [0.3, 0.4) is 0 Å². The van der Waals surface area contributed by atoms with E-state index in [4.69, 9.17) is 4.74 Å². The summed E-state index contributed by atoms with van der Waals surface area (Å²) in [6, 6.07) is 0. The quantitative estimate of drug-likeness (QED) is 0.621. The van der Waals surface area contributed by atoms with Crippen LogP contribution in [0.4, 0.5) is 0 Å². The summed E-state index contributed by atoms with van der Waals surface area (Å²) < 4.78 is 5.78. The molecule has 0 aromatic rings. The van der Waals surface area contributed by atoms with Gasteiger partial charge in [0.15, 0.2) is 0 Å². The zero-order chi connectivity index (χ0) is 10.6. The van der Waals surface area contributed by atoms with Gasteiger partial charge in [0, 0.05) is 6.61 Å². The molecule has 2 aliphatic rings. The van der Waals surface area contributed by atoms with E-state index in [1.54, 1.807) is 0 Å². The fourth-order valence-electron chi connectivity index (χ4n) is 2.76. The first-order valence-electron chi connectivity index (χ1n) is 6.39. The van der Waals surface area contributed by atoms with Gasteiger partial charge in [0.25, 0.3) is 0 Å². The van der Waals surface area contributed by atoms with Gasteiger partial charge in [0.05, 0.1) is 6.10 Å². The lowest BCUT2D eigenvalue weighted by Crippen LogP contribution is -2.24. The van der Waals surface area contributed by atoms with E-state index in [9.17, 15) is 0 Å². The predicted molar refractivity (Wildman–Crippen MR) is 61.4 cm³/mol. The molecule has 2 fully saturated rings. The molecule has 3 atom stereocenters. The van der Waals surface area contributed by atoms with Crippen LogP contribution >= 0.6 is 0 Å². The highest BCUT2D eigenvalue weighted by Gasteiger charge is 2.37. The van der Waals surface area contributed by atoms with Gasteiger partial charge in [-0.25, -0.2) is 0 Å². The number of hydrogen-bond donors (Lipinski definition) is 0. The van der Waals surface area contributed by atoms with Crippen molar-refractivity contribution >= 4 is 0 Å². The predicted octanol–water partition coefficient (Wildman–Crippen LogP) is 3.87. The van der Waals surface area contributed by atoms with E-state index in [1.807, 2.05) is 13.8 Å². The minimum atomic E-state index is 0.631. The van der Waals surface area contributed by atoms with Crippen LogP contribution < -0.4 is 0 Å². The van der Waals surface area contributed by atoms with Crippen LogP contribution in [0.1, 0.15) is 53.4 Å². The SMILES string of the molecule is CC.CC(C)C1CC2CCCOC2C1. The fraction of sp³-hybridized carbons (Fsp3) is 1.00. The molecule has 1 aliphatic carbocycles. The molecule has 1 nitrogen and oxygen atoms in total. The molecule has 0 radical (unpaired) electrons. The average Bonchev–Trinajstić information content (AvgIpc) is 2.64. The molecule has 0 amide bonds. The summed E-state index contributed by atoms with van der Waals surface area (Å²) in [5.41, 5.74) is 0. The van der Waals surface area contributed by atoms with Crippen molar-refractivity contribution in [2.45, 2.75) is 59.5 Å². The molecule has 14 heavy (non-hydrogen) atoms. The summed E-state index contributed by atoms with van der Waals surface area (Å²) in [5.74, 6) is 2.71. The molecular weight excluding hydrogens is 172 g/mol. The van der Waals surface area contributed by atoms with E-state index < -0.39 is 0 Å². The van der Waals surface area contributed by atoms with Crippen LogP contribution in [0.2, 0.25) is 0 Å². The van der Waals surface area contributed by atoms with E-state index in [-0.39, 0.29) is 0 Å². The van der Waals surface area contributed by atoms with E-state index >= 15 is 0 Å². The van der Waals surface area contributed by atoms with Gasteiger partial charge in [0.2, 0.25) is 0 Å². The largest absolute Gasteiger partial charge is 0.378 e. The Balaban J connectivity index is 0.000000461. The minimum Gasteiger partial charge on any atom is -0.378 e. The van der Waals surface area contributed by atoms with E-state index in [0.717, 1.165) is 24.4 Å². The average molecular weight is 198 g/mol. The van der Waals surface area contributed by atoms with Crippen molar-refractivity contribution in [1.82, 2.24) is 0 Å². The molecule has 0 spiro atoms. The molecule has 1 heteroatoms. The molecule has 0 aromatic carbocycles. The topological polar surface area (TPSA) is 9.23 Å². The normalized spacial score (nSPS) is 36.2. The van der Waals surface area contributed by atoms with Gasteiger partial charge >= 0.3 is 0 Å². The van der Waals surface area contributed by atoms with Crippen LogP contribution in [0, 0.1) is 17.8 Å². The minimum absolute atomic E-state index is 0.631. The second kappa shape index (κ2) is 5.75. The Morgan fingerprint density at radius 3 is 2.43 bits per heavy atom. The second-order valence-corrected chi connectivity index (χ2v) is 4.79. The molecule has 1 saturated heterocycles. The fourth-order valence-corrected chi connectivity index (χ4v) is 2.76. The van der Waals surface area contributed by atoms with E-state index in [1.165, 1.54) is 25.7 Å². The van der Waals surface area contributed by atoms with Crippen LogP contribution in [0.25, 0.3) is 0 Å². The maximum atomic E-state index is 5.78. The highest BCUT2D eigenvalue weighted by atomic mass is 16.5. The molecule has 84 valence electrons. The van der Waals surface area contributed by atoms with Crippen molar-refractivity contribution in [2.24, 2.45) is 17.8 Å². The highest BCUT2D eigenvalue weighted by Crippen LogP contribution is 2.41. The van der Waals surface area contributed by atoms with Gasteiger partial charge in [-0.2, -0.15) is 0 Å². The molecule has 1 heterocycles. The van der Waals surface area contributed by atoms with Gasteiger partial charge < -0.3 is 4.74 Å². The first-order valence-corrected chi connectivity index (χ1v) is 6.39. The van der Waals surface area contributed by atoms with Gasteiger partial charge in [0.1, 0.15) is 0 Å². The first kappa shape index (κ1) is 12.0. The molecule has 3 unspecified atom stereocenters. The number of hydrogen-bond acceptors (Lipinski definition) is 1. The highest BCUT2D eigenvalue weighted by molar-refractivity contribution is 4.87. The Morgan fingerprint density at radius 1 is 1.14 bits per heavy atom. The standard InChI is InChI=1S/C11H20O.C2H6/c1-8(2)10-6-9-4-3-5-12-11(9)7-10;1-2/h8-11H,3-7H2,1-2H3;1-2H3. The zero-order valence-corrected chi connectivity index (χ0v) is 10.3. The summed E-state index contributed by atoms with van der Waals surface area (Å²) in [6.45, 7) is 9.72. The summed E-state index contributed by atoms with van der Waals surface area (Å²) in [5, 5.41) is 0. The molecule has 0 bridgehead atoms. The van der Waals surface area contributed by atoms with Crippen molar-refractivity contribution in [3.8, 4) is 0 Å². The van der Waals surface area contributed by atoms with Crippen molar-refractivity contribution in [3.05, 3.63) is 0 Å². The Hall–Kier alpha value is -0.0400. The third-order valence-corrected chi connectivity index (χ3v) is 3.66. The third-order valence-electron chi connectivity index (χ3n) is 3.66. The summed E-state index contributed by atoms with van der Waals surface area (Å²) >= 11 is 0. The molecular formula is C13H26O. The second-order valence-electron chi connectivity index (χ2n) is 4.79. The van der Waals surface area contributed by atoms with Gasteiger partial charge in [-0.3, -0.25) is 0 Å². The van der Waals surface area contributed by atoms with Crippen molar-refractivity contribution in [3.63, 3.8) is 0 Å². The molecule has 0 aromatic heterocycles. The van der Waals surface area contributed by atoms with Crippen LogP contribution in [0.15, 0.2) is 0 Å². The molecule has 1 aliphatic heterocycles. The Bertz CT molecular complexity index is 139. The molecule has 2 rings (SSSR count). The Morgan fingerprint density at radius 2 is 1.86 bits per heavy atom. The van der Waals surface area contributed by atoms with E-state index in [0.29, 0.717) is 6.10 Å². The lowest BCUT2D eigenvalue weighted by Gasteiger charge is -2.25. The van der Waals surface area contributed by atoms with Crippen molar-refractivity contribution < 1.29 is 4.74 Å². The van der Waals surface area contributed by atoms with Crippen LogP contribution in [-0.2, 0) is 4.74 Å². The first-order chi connectivity index (χ1) is 6.77. The Labute approximate surface area is 89.2 Å². The van der Waals surface area contributed by atoms with Gasteiger partial charge in [-0.05, 0) is 43.4 Å². The lowest BCUT2D eigenvalue weighted by molar-refractivity contribution is -0.0102. The maximum Gasteiger partial charge on any atom is 0.0606 e. The third kappa shape index (κ3) is 2.73. The van der Waals surface area contributed by atoms with Crippen LogP contribution in [0.5, 0.6) is 0 Å². The summed E-state index contributed by atoms with van der Waals surface area (Å²) in [7, 11) is 0. The Kier molecular flexibility index (Phi) is 4.94. The zero-order valence-electron chi connectivity index (χ0n) is 10.3. The summed E-state index contributed by atoms with van der Waals surface area (Å²) in [6.07, 6.45) is 6.12. The molecule has 1 saturated carbocycles. The van der Waals surface area contributed by atoms with Gasteiger partial charge in [-0.1, -0.05) is 27.7 Å². The van der Waals surface area contributed by atoms with Crippen molar-refractivity contribution in [1.29, 1.82) is 0 Å². The maximum absolute atomic E-state index is 5.78. The smallest absolute Gasteiger partial charge is 0.0606 e. The monoisotopic (exact) mass is 198 g/mol.